The molecule has 0 aliphatic rings. The van der Waals surface area contributed by atoms with Crippen molar-refractivity contribution in [3.05, 3.63) is 78.5 Å². The SMILES string of the molecule is COc1ccc(C(=O)Nc2nc3ncccc3cc2-c2ccccc2)c(OC)c1. The number of hydrogen-bond acceptors (Lipinski definition) is 5. The van der Waals surface area contributed by atoms with Gasteiger partial charge in [0.25, 0.3) is 5.91 Å². The van der Waals surface area contributed by atoms with Gasteiger partial charge in [-0.15, -0.1) is 0 Å². The maximum absolute atomic E-state index is 13.0. The second-order valence-electron chi connectivity index (χ2n) is 6.32. The van der Waals surface area contributed by atoms with Crippen molar-refractivity contribution in [3.63, 3.8) is 0 Å². The predicted octanol–water partition coefficient (Wildman–Crippen LogP) is 4.57. The van der Waals surface area contributed by atoms with Crippen molar-refractivity contribution >= 4 is 22.8 Å². The Kier molecular flexibility index (Phi) is 5.07. The highest BCUT2D eigenvalue weighted by Gasteiger charge is 2.17. The van der Waals surface area contributed by atoms with Gasteiger partial charge >= 0.3 is 0 Å². The molecule has 4 rings (SSSR count). The van der Waals surface area contributed by atoms with E-state index in [0.29, 0.717) is 28.5 Å². The molecule has 29 heavy (non-hydrogen) atoms. The lowest BCUT2D eigenvalue weighted by Gasteiger charge is -2.14. The van der Waals surface area contributed by atoms with Crippen molar-refractivity contribution in [2.75, 3.05) is 19.5 Å². The summed E-state index contributed by atoms with van der Waals surface area (Å²) in [5, 5.41) is 3.81. The summed E-state index contributed by atoms with van der Waals surface area (Å²) in [5.74, 6) is 1.13. The van der Waals surface area contributed by atoms with Gasteiger partial charge in [0.15, 0.2) is 5.65 Å². The molecule has 0 saturated heterocycles. The fraction of sp³-hybridized carbons (Fsp3) is 0.0870. The van der Waals surface area contributed by atoms with Crippen LogP contribution >= 0.6 is 0 Å². The number of fused-ring (bicyclic) bond motifs is 1. The lowest BCUT2D eigenvalue weighted by atomic mass is 10.0. The summed E-state index contributed by atoms with van der Waals surface area (Å²) in [6.45, 7) is 0. The Balaban J connectivity index is 1.78. The molecule has 0 radical (unpaired) electrons. The molecule has 0 atom stereocenters. The van der Waals surface area contributed by atoms with Gasteiger partial charge in [-0.1, -0.05) is 30.3 Å². The number of nitrogens with zero attached hydrogens (tertiary/aromatic N) is 2. The van der Waals surface area contributed by atoms with Gasteiger partial charge in [-0.2, -0.15) is 0 Å². The number of amides is 1. The number of ether oxygens (including phenoxy) is 2. The molecule has 4 aromatic rings. The Hall–Kier alpha value is -3.93. The topological polar surface area (TPSA) is 73.3 Å². The van der Waals surface area contributed by atoms with Crippen LogP contribution in [0.3, 0.4) is 0 Å². The highest BCUT2D eigenvalue weighted by atomic mass is 16.5. The summed E-state index contributed by atoms with van der Waals surface area (Å²) in [6, 6.07) is 20.6. The second kappa shape index (κ2) is 7.98. The van der Waals surface area contributed by atoms with Gasteiger partial charge in [-0.25, -0.2) is 9.97 Å². The van der Waals surface area contributed by atoms with E-state index in [2.05, 4.69) is 15.3 Å². The van der Waals surface area contributed by atoms with Crippen LogP contribution < -0.4 is 14.8 Å². The minimum Gasteiger partial charge on any atom is -0.497 e. The first-order chi connectivity index (χ1) is 14.2. The molecular formula is C23H19N3O3. The number of rotatable bonds is 5. The minimum atomic E-state index is -0.329. The van der Waals surface area contributed by atoms with Crippen LogP contribution in [0, 0.1) is 0 Å². The number of carbonyl (C=O) groups excluding carboxylic acids is 1. The first-order valence-electron chi connectivity index (χ1n) is 9.04. The maximum atomic E-state index is 13.0. The number of hydrogen-bond donors (Lipinski definition) is 1. The van der Waals surface area contributed by atoms with Crippen LogP contribution in [0.15, 0.2) is 72.9 Å². The smallest absolute Gasteiger partial charge is 0.260 e. The van der Waals surface area contributed by atoms with E-state index in [9.17, 15) is 4.79 Å². The molecule has 1 N–H and O–H groups in total. The van der Waals surface area contributed by atoms with Crippen molar-refractivity contribution in [1.29, 1.82) is 0 Å². The number of methoxy groups -OCH3 is 2. The quantitative estimate of drug-likeness (QED) is 0.545. The molecule has 2 aromatic carbocycles. The Morgan fingerprint density at radius 1 is 0.931 bits per heavy atom. The number of nitrogens with one attached hydrogen (secondary N) is 1. The lowest BCUT2D eigenvalue weighted by molar-refractivity contribution is 0.102. The number of aromatic nitrogens is 2. The Labute approximate surface area is 168 Å². The van der Waals surface area contributed by atoms with Gasteiger partial charge in [0.2, 0.25) is 0 Å². The van der Waals surface area contributed by atoms with Crippen LogP contribution in [0.25, 0.3) is 22.2 Å². The molecule has 0 fully saturated rings. The van der Waals surface area contributed by atoms with Gasteiger partial charge in [0.05, 0.1) is 19.8 Å². The Morgan fingerprint density at radius 2 is 1.76 bits per heavy atom. The fourth-order valence-corrected chi connectivity index (χ4v) is 3.10. The van der Waals surface area contributed by atoms with Crippen LogP contribution in [-0.2, 0) is 0 Å². The van der Waals surface area contributed by atoms with Gasteiger partial charge in [-0.3, -0.25) is 4.79 Å². The summed E-state index contributed by atoms with van der Waals surface area (Å²) >= 11 is 0. The molecule has 2 heterocycles. The van der Waals surface area contributed by atoms with Crippen molar-refractivity contribution in [2.24, 2.45) is 0 Å². The molecule has 0 bridgehead atoms. The highest BCUT2D eigenvalue weighted by Crippen LogP contribution is 2.31. The van der Waals surface area contributed by atoms with Crippen LogP contribution in [-0.4, -0.2) is 30.1 Å². The van der Waals surface area contributed by atoms with E-state index in [1.807, 2.05) is 48.5 Å². The van der Waals surface area contributed by atoms with Crippen molar-refractivity contribution in [3.8, 4) is 22.6 Å². The van der Waals surface area contributed by atoms with E-state index < -0.39 is 0 Å². The molecule has 0 aliphatic carbocycles. The molecule has 144 valence electrons. The fourth-order valence-electron chi connectivity index (χ4n) is 3.10. The van der Waals surface area contributed by atoms with Gasteiger partial charge in [0.1, 0.15) is 17.3 Å². The third-order valence-corrected chi connectivity index (χ3v) is 4.56. The molecule has 1 amide bonds. The van der Waals surface area contributed by atoms with Gasteiger partial charge in [-0.05, 0) is 35.9 Å². The number of anilines is 1. The molecule has 2 aromatic heterocycles. The number of benzene rings is 2. The third kappa shape index (κ3) is 3.73. The van der Waals surface area contributed by atoms with E-state index >= 15 is 0 Å². The van der Waals surface area contributed by atoms with Crippen LogP contribution in [0.5, 0.6) is 11.5 Å². The lowest BCUT2D eigenvalue weighted by Crippen LogP contribution is -2.15. The standard InChI is InChI=1S/C23H19N3O3/c1-28-17-10-11-18(20(14-17)29-2)23(27)26-22-19(15-7-4-3-5-8-15)13-16-9-6-12-24-21(16)25-22/h3-14H,1-2H3,(H,24,25,26,27). The first-order valence-corrected chi connectivity index (χ1v) is 9.04. The van der Waals surface area contributed by atoms with Crippen LogP contribution in [0.2, 0.25) is 0 Å². The molecule has 0 spiro atoms. The average Bonchev–Trinajstić information content (AvgIpc) is 2.78. The zero-order valence-electron chi connectivity index (χ0n) is 16.0. The first kappa shape index (κ1) is 18.4. The summed E-state index contributed by atoms with van der Waals surface area (Å²) < 4.78 is 10.6. The van der Waals surface area contributed by atoms with Crippen molar-refractivity contribution in [2.45, 2.75) is 0 Å². The largest absolute Gasteiger partial charge is 0.497 e. The average molecular weight is 385 g/mol. The molecule has 0 saturated carbocycles. The minimum absolute atomic E-state index is 0.329. The zero-order chi connectivity index (χ0) is 20.2. The summed E-state index contributed by atoms with van der Waals surface area (Å²) in [7, 11) is 3.08. The Morgan fingerprint density at radius 3 is 2.52 bits per heavy atom. The van der Waals surface area contributed by atoms with E-state index in [1.165, 1.54) is 7.11 Å². The summed E-state index contributed by atoms with van der Waals surface area (Å²) in [6.07, 6.45) is 1.68. The molecular weight excluding hydrogens is 366 g/mol. The van der Waals surface area contributed by atoms with Crippen LogP contribution in [0.4, 0.5) is 5.82 Å². The van der Waals surface area contributed by atoms with Crippen molar-refractivity contribution in [1.82, 2.24) is 9.97 Å². The van der Waals surface area contributed by atoms with Gasteiger partial charge < -0.3 is 14.8 Å². The van der Waals surface area contributed by atoms with E-state index in [-0.39, 0.29) is 5.91 Å². The molecule has 0 aliphatic heterocycles. The van der Waals surface area contributed by atoms with Crippen molar-refractivity contribution < 1.29 is 14.3 Å². The number of carbonyl (C=O) groups is 1. The third-order valence-electron chi connectivity index (χ3n) is 4.56. The highest BCUT2D eigenvalue weighted by molar-refractivity contribution is 6.08. The molecule has 6 heteroatoms. The summed E-state index contributed by atoms with van der Waals surface area (Å²) in [5.41, 5.74) is 2.70. The normalized spacial score (nSPS) is 10.6. The zero-order valence-corrected chi connectivity index (χ0v) is 16.0. The van der Waals surface area contributed by atoms with Gasteiger partial charge in [0, 0.05) is 23.2 Å². The van der Waals surface area contributed by atoms with E-state index in [0.717, 1.165) is 16.5 Å². The van der Waals surface area contributed by atoms with E-state index in [1.54, 1.807) is 31.5 Å². The van der Waals surface area contributed by atoms with E-state index in [4.69, 9.17) is 9.47 Å². The summed E-state index contributed by atoms with van der Waals surface area (Å²) in [4.78, 5) is 21.9. The maximum Gasteiger partial charge on any atom is 0.260 e. The molecule has 0 unspecified atom stereocenters. The number of pyridine rings is 2. The molecule has 6 nitrogen and oxygen atoms in total. The predicted molar refractivity (Wildman–Crippen MR) is 112 cm³/mol. The second-order valence-corrected chi connectivity index (χ2v) is 6.32. The monoisotopic (exact) mass is 385 g/mol. The Bertz CT molecular complexity index is 1180. The van der Waals surface area contributed by atoms with Crippen LogP contribution in [0.1, 0.15) is 10.4 Å².